The number of carboxylic acid groups (broad SMARTS) is 1. The second-order valence-electron chi connectivity index (χ2n) is 5.02. The maximum absolute atomic E-state index is 12.0. The summed E-state index contributed by atoms with van der Waals surface area (Å²) in [5, 5.41) is 14.8. The van der Waals surface area contributed by atoms with Gasteiger partial charge in [0.25, 0.3) is 0 Å². The van der Waals surface area contributed by atoms with Gasteiger partial charge >= 0.3 is 5.97 Å². The molecule has 1 heterocycles. The molecule has 0 aromatic heterocycles. The van der Waals surface area contributed by atoms with Crippen LogP contribution in [0.3, 0.4) is 0 Å². The van der Waals surface area contributed by atoms with Crippen molar-refractivity contribution in [2.75, 3.05) is 6.54 Å². The molecular weight excluding hydrogens is 232 g/mol. The molecule has 0 aromatic rings. The fourth-order valence-corrected chi connectivity index (χ4v) is 2.38. The average Bonchev–Trinajstić information content (AvgIpc) is 2.37. The summed E-state index contributed by atoms with van der Waals surface area (Å²) < 4.78 is 0. The predicted molar refractivity (Wildman–Crippen MR) is 69.3 cm³/mol. The Labute approximate surface area is 108 Å². The van der Waals surface area contributed by atoms with Crippen molar-refractivity contribution in [1.82, 2.24) is 10.6 Å². The van der Waals surface area contributed by atoms with E-state index in [0.29, 0.717) is 12.3 Å². The van der Waals surface area contributed by atoms with Crippen molar-refractivity contribution in [3.05, 3.63) is 0 Å². The highest BCUT2D eigenvalue weighted by atomic mass is 16.4. The zero-order valence-corrected chi connectivity index (χ0v) is 11.2. The van der Waals surface area contributed by atoms with Crippen LogP contribution in [0.15, 0.2) is 0 Å². The maximum Gasteiger partial charge on any atom is 0.305 e. The van der Waals surface area contributed by atoms with Crippen LogP contribution in [0, 0.1) is 5.92 Å². The van der Waals surface area contributed by atoms with E-state index in [1.54, 1.807) is 0 Å². The van der Waals surface area contributed by atoms with E-state index in [0.717, 1.165) is 25.8 Å². The molecule has 5 nitrogen and oxygen atoms in total. The zero-order valence-electron chi connectivity index (χ0n) is 11.2. The maximum atomic E-state index is 12.0. The molecule has 1 fully saturated rings. The average molecular weight is 256 g/mol. The largest absolute Gasteiger partial charge is 0.481 e. The first-order chi connectivity index (χ1) is 8.56. The van der Waals surface area contributed by atoms with Gasteiger partial charge in [-0.3, -0.25) is 9.59 Å². The van der Waals surface area contributed by atoms with Gasteiger partial charge in [-0.05, 0) is 31.7 Å². The SMILES string of the molecule is CCC1CCNC(C(=O)NC(CC)CC(=O)O)C1. The van der Waals surface area contributed by atoms with Crippen molar-refractivity contribution < 1.29 is 14.7 Å². The van der Waals surface area contributed by atoms with Crippen molar-refractivity contribution in [1.29, 1.82) is 0 Å². The van der Waals surface area contributed by atoms with E-state index in [9.17, 15) is 9.59 Å². The summed E-state index contributed by atoms with van der Waals surface area (Å²) in [6.45, 7) is 4.90. The number of aliphatic carboxylic acids is 1. The van der Waals surface area contributed by atoms with Crippen molar-refractivity contribution in [2.24, 2.45) is 5.92 Å². The molecule has 0 spiro atoms. The first-order valence-electron chi connectivity index (χ1n) is 6.82. The van der Waals surface area contributed by atoms with Crippen LogP contribution in [-0.4, -0.2) is 35.6 Å². The van der Waals surface area contributed by atoms with Gasteiger partial charge in [0.1, 0.15) is 0 Å². The van der Waals surface area contributed by atoms with Crippen LogP contribution in [0.5, 0.6) is 0 Å². The van der Waals surface area contributed by atoms with Gasteiger partial charge in [-0.15, -0.1) is 0 Å². The Morgan fingerprint density at radius 2 is 2.17 bits per heavy atom. The van der Waals surface area contributed by atoms with E-state index >= 15 is 0 Å². The van der Waals surface area contributed by atoms with Gasteiger partial charge < -0.3 is 15.7 Å². The number of hydrogen-bond donors (Lipinski definition) is 3. The van der Waals surface area contributed by atoms with E-state index in [1.807, 2.05) is 6.92 Å². The normalized spacial score (nSPS) is 25.4. The molecule has 1 aliphatic heterocycles. The summed E-state index contributed by atoms with van der Waals surface area (Å²) in [7, 11) is 0. The number of rotatable bonds is 6. The van der Waals surface area contributed by atoms with Gasteiger partial charge in [0, 0.05) is 6.04 Å². The Morgan fingerprint density at radius 3 is 2.72 bits per heavy atom. The van der Waals surface area contributed by atoms with E-state index in [1.165, 1.54) is 0 Å². The van der Waals surface area contributed by atoms with Crippen molar-refractivity contribution in [3.63, 3.8) is 0 Å². The first kappa shape index (κ1) is 15.0. The number of amides is 1. The molecule has 1 rings (SSSR count). The van der Waals surface area contributed by atoms with Crippen LogP contribution in [0.1, 0.15) is 46.0 Å². The molecule has 0 aromatic carbocycles. The number of carbonyl (C=O) groups is 2. The summed E-state index contributed by atoms with van der Waals surface area (Å²) in [6, 6.07) is -0.426. The Hall–Kier alpha value is -1.10. The van der Waals surface area contributed by atoms with Crippen molar-refractivity contribution >= 4 is 11.9 Å². The highest BCUT2D eigenvalue weighted by Gasteiger charge is 2.27. The monoisotopic (exact) mass is 256 g/mol. The molecule has 0 aliphatic carbocycles. The van der Waals surface area contributed by atoms with E-state index in [4.69, 9.17) is 5.11 Å². The number of piperidine rings is 1. The van der Waals surface area contributed by atoms with Crippen molar-refractivity contribution in [3.8, 4) is 0 Å². The number of carbonyl (C=O) groups excluding carboxylic acids is 1. The lowest BCUT2D eigenvalue weighted by Crippen LogP contribution is -2.51. The van der Waals surface area contributed by atoms with Crippen LogP contribution in [0.4, 0.5) is 0 Å². The molecule has 1 amide bonds. The van der Waals surface area contributed by atoms with Crippen LogP contribution >= 0.6 is 0 Å². The highest BCUT2D eigenvalue weighted by molar-refractivity contribution is 5.82. The van der Waals surface area contributed by atoms with Crippen molar-refractivity contribution in [2.45, 2.75) is 58.0 Å². The van der Waals surface area contributed by atoms with Gasteiger partial charge in [-0.2, -0.15) is 0 Å². The summed E-state index contributed by atoms with van der Waals surface area (Å²) >= 11 is 0. The first-order valence-corrected chi connectivity index (χ1v) is 6.82. The predicted octanol–water partition coefficient (Wildman–Crippen LogP) is 1.13. The third-order valence-electron chi connectivity index (χ3n) is 3.67. The molecular formula is C13H24N2O3. The number of carboxylic acids is 1. The fraction of sp³-hybridized carbons (Fsp3) is 0.846. The lowest BCUT2D eigenvalue weighted by atomic mass is 9.90. The zero-order chi connectivity index (χ0) is 13.5. The molecule has 0 saturated carbocycles. The third-order valence-corrected chi connectivity index (χ3v) is 3.67. The number of hydrogen-bond acceptors (Lipinski definition) is 3. The van der Waals surface area contributed by atoms with Gasteiger partial charge in [-0.1, -0.05) is 20.3 Å². The second kappa shape index (κ2) is 7.36. The van der Waals surface area contributed by atoms with E-state index in [-0.39, 0.29) is 24.4 Å². The smallest absolute Gasteiger partial charge is 0.305 e. The van der Waals surface area contributed by atoms with Crippen LogP contribution in [-0.2, 0) is 9.59 Å². The van der Waals surface area contributed by atoms with Gasteiger partial charge in [-0.25, -0.2) is 0 Å². The quantitative estimate of drug-likeness (QED) is 0.666. The summed E-state index contributed by atoms with van der Waals surface area (Å²) in [5.74, 6) is -0.326. The van der Waals surface area contributed by atoms with E-state index < -0.39 is 5.97 Å². The minimum absolute atomic E-state index is 0.00777. The molecule has 3 atom stereocenters. The summed E-state index contributed by atoms with van der Waals surface area (Å²) in [4.78, 5) is 22.7. The van der Waals surface area contributed by atoms with Gasteiger partial charge in [0.2, 0.25) is 5.91 Å². The van der Waals surface area contributed by atoms with Crippen LogP contribution < -0.4 is 10.6 Å². The highest BCUT2D eigenvalue weighted by Crippen LogP contribution is 2.19. The standard InChI is InChI=1S/C13H24N2O3/c1-3-9-5-6-14-11(7-9)13(18)15-10(4-2)8-12(16)17/h9-11,14H,3-8H2,1-2H3,(H,15,18)(H,16,17). The molecule has 5 heteroatoms. The fourth-order valence-electron chi connectivity index (χ4n) is 2.38. The second-order valence-corrected chi connectivity index (χ2v) is 5.02. The topological polar surface area (TPSA) is 78.4 Å². The van der Waals surface area contributed by atoms with Crippen LogP contribution in [0.25, 0.3) is 0 Å². The molecule has 0 bridgehead atoms. The molecule has 1 aliphatic rings. The van der Waals surface area contributed by atoms with Gasteiger partial charge in [0.15, 0.2) is 0 Å². The molecule has 1 saturated heterocycles. The van der Waals surface area contributed by atoms with E-state index in [2.05, 4.69) is 17.6 Å². The number of nitrogens with one attached hydrogen (secondary N) is 2. The Balaban J connectivity index is 2.45. The molecule has 0 radical (unpaired) electrons. The third kappa shape index (κ3) is 4.64. The molecule has 104 valence electrons. The molecule has 3 N–H and O–H groups in total. The Bertz CT molecular complexity index is 294. The Morgan fingerprint density at radius 1 is 1.44 bits per heavy atom. The summed E-state index contributed by atoms with van der Waals surface area (Å²) in [5.41, 5.74) is 0. The van der Waals surface area contributed by atoms with Gasteiger partial charge in [0.05, 0.1) is 12.5 Å². The molecule has 3 unspecified atom stereocenters. The lowest BCUT2D eigenvalue weighted by Gasteiger charge is -2.30. The lowest BCUT2D eigenvalue weighted by molar-refractivity contribution is -0.137. The van der Waals surface area contributed by atoms with Crippen LogP contribution in [0.2, 0.25) is 0 Å². The minimum Gasteiger partial charge on any atom is -0.481 e. The molecule has 18 heavy (non-hydrogen) atoms. The Kier molecular flexibility index (Phi) is 6.12. The summed E-state index contributed by atoms with van der Waals surface area (Å²) in [6.07, 6.45) is 3.70. The minimum atomic E-state index is -0.870.